The lowest BCUT2D eigenvalue weighted by Crippen LogP contribution is -2.02. The van der Waals surface area contributed by atoms with Crippen LogP contribution < -0.4 is 4.74 Å². The Balaban J connectivity index is 1.68. The van der Waals surface area contributed by atoms with E-state index >= 15 is 0 Å². The van der Waals surface area contributed by atoms with Gasteiger partial charge in [0.2, 0.25) is 0 Å². The second-order valence-corrected chi connectivity index (χ2v) is 5.54. The summed E-state index contributed by atoms with van der Waals surface area (Å²) in [5, 5.41) is 0.752. The minimum atomic E-state index is 0.508. The van der Waals surface area contributed by atoms with Gasteiger partial charge in [-0.3, -0.25) is 0 Å². The maximum atomic E-state index is 6.39. The van der Waals surface area contributed by atoms with Crippen LogP contribution in [-0.2, 0) is 13.2 Å². The normalized spacial score (nSPS) is 10.6. The van der Waals surface area contributed by atoms with Crippen molar-refractivity contribution in [2.45, 2.75) is 20.1 Å². The summed E-state index contributed by atoms with van der Waals surface area (Å²) in [5.41, 5.74) is 2.13. The van der Waals surface area contributed by atoms with E-state index in [9.17, 15) is 0 Å². The summed E-state index contributed by atoms with van der Waals surface area (Å²) in [6.45, 7) is 3.22. The summed E-state index contributed by atoms with van der Waals surface area (Å²) in [5.74, 6) is 1.84. The molecular weight excluding hydrogens is 296 g/mol. The minimum absolute atomic E-state index is 0.508. The quantitative estimate of drug-likeness (QED) is 0.695. The number of halogens is 1. The van der Waals surface area contributed by atoms with E-state index in [4.69, 9.17) is 16.3 Å². The van der Waals surface area contributed by atoms with Crippen LogP contribution in [0.15, 0.2) is 60.9 Å². The third-order valence-corrected chi connectivity index (χ3v) is 3.88. The first-order chi connectivity index (χ1) is 10.7. The number of benzene rings is 2. The van der Waals surface area contributed by atoms with E-state index in [0.717, 1.165) is 34.3 Å². The summed E-state index contributed by atoms with van der Waals surface area (Å²) in [6.07, 6.45) is 3.75. The van der Waals surface area contributed by atoms with E-state index in [2.05, 4.69) is 15.6 Å². The van der Waals surface area contributed by atoms with Crippen molar-refractivity contribution < 1.29 is 4.74 Å². The molecule has 3 rings (SSSR count). The standard InChI is InChI=1S/C18H17ClN2O/c1-14-20-9-10-21(14)12-16-8-7-15(11-18(16)19)13-22-17-5-3-2-4-6-17/h2-11H,12-13H2,1H3. The predicted octanol–water partition coefficient (Wildman–Crippen LogP) is 4.47. The summed E-state index contributed by atoms with van der Waals surface area (Å²) < 4.78 is 7.81. The molecule has 0 radical (unpaired) electrons. The highest BCUT2D eigenvalue weighted by atomic mass is 35.5. The molecule has 0 atom stereocenters. The van der Waals surface area contributed by atoms with Crippen LogP contribution in [0.4, 0.5) is 0 Å². The number of imidazole rings is 1. The topological polar surface area (TPSA) is 27.1 Å². The monoisotopic (exact) mass is 312 g/mol. The van der Waals surface area contributed by atoms with Gasteiger partial charge in [-0.2, -0.15) is 0 Å². The maximum Gasteiger partial charge on any atom is 0.119 e. The smallest absolute Gasteiger partial charge is 0.119 e. The molecule has 1 heterocycles. The van der Waals surface area contributed by atoms with Gasteiger partial charge < -0.3 is 9.30 Å². The molecule has 0 aliphatic rings. The largest absolute Gasteiger partial charge is 0.489 e. The molecule has 0 amide bonds. The van der Waals surface area contributed by atoms with Crippen molar-refractivity contribution >= 4 is 11.6 Å². The first-order valence-electron chi connectivity index (χ1n) is 7.15. The number of nitrogens with zero attached hydrogens (tertiary/aromatic N) is 2. The van der Waals surface area contributed by atoms with Crippen molar-refractivity contribution in [3.05, 3.63) is 82.9 Å². The lowest BCUT2D eigenvalue weighted by Gasteiger charge is -2.10. The van der Waals surface area contributed by atoms with Gasteiger partial charge in [-0.05, 0) is 36.2 Å². The number of ether oxygens (including phenoxy) is 1. The van der Waals surface area contributed by atoms with E-state index in [1.165, 1.54) is 0 Å². The third-order valence-electron chi connectivity index (χ3n) is 3.53. The number of rotatable bonds is 5. The van der Waals surface area contributed by atoms with E-state index < -0.39 is 0 Å². The molecule has 0 fully saturated rings. The molecule has 0 aliphatic carbocycles. The third kappa shape index (κ3) is 3.49. The fourth-order valence-electron chi connectivity index (χ4n) is 2.25. The van der Waals surface area contributed by atoms with Crippen LogP contribution in [0.2, 0.25) is 5.02 Å². The van der Waals surface area contributed by atoms with Crippen molar-refractivity contribution in [1.29, 1.82) is 0 Å². The van der Waals surface area contributed by atoms with Crippen molar-refractivity contribution in [3.8, 4) is 5.75 Å². The Hall–Kier alpha value is -2.26. The second-order valence-electron chi connectivity index (χ2n) is 5.13. The zero-order valence-corrected chi connectivity index (χ0v) is 13.1. The van der Waals surface area contributed by atoms with E-state index in [0.29, 0.717) is 6.61 Å². The van der Waals surface area contributed by atoms with Crippen molar-refractivity contribution in [2.24, 2.45) is 0 Å². The van der Waals surface area contributed by atoms with Gasteiger partial charge in [0.15, 0.2) is 0 Å². The molecule has 22 heavy (non-hydrogen) atoms. The van der Waals surface area contributed by atoms with Crippen LogP contribution in [0.5, 0.6) is 5.75 Å². The molecule has 112 valence electrons. The molecule has 0 N–H and O–H groups in total. The van der Waals surface area contributed by atoms with Gasteiger partial charge in [0.25, 0.3) is 0 Å². The Kier molecular flexibility index (Phi) is 4.45. The zero-order valence-electron chi connectivity index (χ0n) is 12.4. The van der Waals surface area contributed by atoms with Crippen LogP contribution in [0, 0.1) is 6.92 Å². The fourth-order valence-corrected chi connectivity index (χ4v) is 2.51. The van der Waals surface area contributed by atoms with Gasteiger partial charge in [0, 0.05) is 17.4 Å². The van der Waals surface area contributed by atoms with E-state index in [1.807, 2.05) is 55.6 Å². The van der Waals surface area contributed by atoms with Gasteiger partial charge in [0.05, 0.1) is 6.54 Å². The molecule has 3 aromatic rings. The zero-order chi connectivity index (χ0) is 15.4. The van der Waals surface area contributed by atoms with Gasteiger partial charge in [0.1, 0.15) is 18.2 Å². The number of aryl methyl sites for hydroxylation is 1. The summed E-state index contributed by atoms with van der Waals surface area (Å²) in [4.78, 5) is 4.22. The average molecular weight is 313 g/mol. The van der Waals surface area contributed by atoms with Crippen molar-refractivity contribution in [2.75, 3.05) is 0 Å². The van der Waals surface area contributed by atoms with Crippen LogP contribution in [-0.4, -0.2) is 9.55 Å². The Morgan fingerprint density at radius 3 is 2.64 bits per heavy atom. The Morgan fingerprint density at radius 2 is 1.95 bits per heavy atom. The summed E-state index contributed by atoms with van der Waals surface area (Å²) in [7, 11) is 0. The van der Waals surface area contributed by atoms with Gasteiger partial charge >= 0.3 is 0 Å². The Morgan fingerprint density at radius 1 is 1.14 bits per heavy atom. The SMILES string of the molecule is Cc1nccn1Cc1ccc(COc2ccccc2)cc1Cl. The number of para-hydroxylation sites is 1. The molecule has 0 spiro atoms. The van der Waals surface area contributed by atoms with Gasteiger partial charge in [-0.25, -0.2) is 4.98 Å². The first-order valence-corrected chi connectivity index (χ1v) is 7.53. The average Bonchev–Trinajstić information content (AvgIpc) is 2.94. The van der Waals surface area contributed by atoms with Crippen LogP contribution in [0.1, 0.15) is 17.0 Å². The first kappa shape index (κ1) is 14.7. The molecular formula is C18H17ClN2O. The van der Waals surface area contributed by atoms with Crippen LogP contribution in [0.3, 0.4) is 0 Å². The van der Waals surface area contributed by atoms with Gasteiger partial charge in [-0.15, -0.1) is 0 Å². The molecule has 0 unspecified atom stereocenters. The lowest BCUT2D eigenvalue weighted by molar-refractivity contribution is 0.306. The highest BCUT2D eigenvalue weighted by molar-refractivity contribution is 6.31. The molecule has 2 aromatic carbocycles. The Bertz CT molecular complexity index is 753. The number of hydrogen-bond donors (Lipinski definition) is 0. The van der Waals surface area contributed by atoms with Crippen LogP contribution in [0.25, 0.3) is 0 Å². The summed E-state index contributed by atoms with van der Waals surface area (Å²) in [6, 6.07) is 15.8. The number of aromatic nitrogens is 2. The van der Waals surface area contributed by atoms with Crippen molar-refractivity contribution in [3.63, 3.8) is 0 Å². The fraction of sp³-hybridized carbons (Fsp3) is 0.167. The highest BCUT2D eigenvalue weighted by Crippen LogP contribution is 2.21. The predicted molar refractivity (Wildman–Crippen MR) is 88.3 cm³/mol. The van der Waals surface area contributed by atoms with Gasteiger partial charge in [-0.1, -0.05) is 41.9 Å². The molecule has 0 bridgehead atoms. The summed E-state index contributed by atoms with van der Waals surface area (Å²) >= 11 is 6.39. The molecule has 1 aromatic heterocycles. The maximum absolute atomic E-state index is 6.39. The molecule has 0 aliphatic heterocycles. The second kappa shape index (κ2) is 6.67. The molecule has 0 saturated heterocycles. The van der Waals surface area contributed by atoms with E-state index in [1.54, 1.807) is 6.20 Å². The Labute approximate surface area is 135 Å². The number of hydrogen-bond acceptors (Lipinski definition) is 2. The minimum Gasteiger partial charge on any atom is -0.489 e. The molecule has 4 heteroatoms. The lowest BCUT2D eigenvalue weighted by atomic mass is 10.1. The molecule has 0 saturated carbocycles. The van der Waals surface area contributed by atoms with E-state index in [-0.39, 0.29) is 0 Å². The van der Waals surface area contributed by atoms with Crippen molar-refractivity contribution in [1.82, 2.24) is 9.55 Å². The highest BCUT2D eigenvalue weighted by Gasteiger charge is 2.05. The molecule has 3 nitrogen and oxygen atoms in total. The van der Waals surface area contributed by atoms with Crippen LogP contribution >= 0.6 is 11.6 Å².